The smallest absolute Gasteiger partial charge is 0.0896 e. The lowest BCUT2D eigenvalue weighted by Gasteiger charge is -2.37. The van der Waals surface area contributed by atoms with Crippen molar-refractivity contribution in [3.8, 4) is 11.1 Å². The first-order chi connectivity index (χ1) is 10.2. The Bertz CT molecular complexity index is 800. The predicted molar refractivity (Wildman–Crippen MR) is 86.5 cm³/mol. The van der Waals surface area contributed by atoms with Gasteiger partial charge in [0.25, 0.3) is 0 Å². The van der Waals surface area contributed by atoms with Crippen molar-refractivity contribution in [3.05, 3.63) is 59.2 Å². The summed E-state index contributed by atoms with van der Waals surface area (Å²) in [5.74, 6) is 0. The number of aromatic amines is 1. The number of rotatable bonds is 2. The third kappa shape index (κ3) is 2.06. The summed E-state index contributed by atoms with van der Waals surface area (Å²) in [5, 5.41) is 12.3. The van der Waals surface area contributed by atoms with E-state index in [0.29, 0.717) is 0 Å². The second-order valence-corrected chi connectivity index (χ2v) is 6.27. The molecule has 2 aromatic carbocycles. The zero-order chi connectivity index (χ0) is 14.4. The van der Waals surface area contributed by atoms with Gasteiger partial charge in [0, 0.05) is 22.7 Å². The van der Waals surface area contributed by atoms with E-state index in [9.17, 15) is 5.11 Å². The van der Waals surface area contributed by atoms with Crippen molar-refractivity contribution in [2.45, 2.75) is 24.9 Å². The molecule has 0 unspecified atom stereocenters. The van der Waals surface area contributed by atoms with Gasteiger partial charge in [0.15, 0.2) is 0 Å². The van der Waals surface area contributed by atoms with Gasteiger partial charge in [0.05, 0.1) is 10.6 Å². The topological polar surface area (TPSA) is 36.0 Å². The van der Waals surface area contributed by atoms with Crippen LogP contribution in [0.2, 0.25) is 5.02 Å². The summed E-state index contributed by atoms with van der Waals surface area (Å²) in [6.07, 6.45) is 4.75. The number of H-pyrrole nitrogens is 1. The summed E-state index contributed by atoms with van der Waals surface area (Å²) in [7, 11) is 0. The van der Waals surface area contributed by atoms with E-state index in [1.165, 1.54) is 0 Å². The van der Waals surface area contributed by atoms with Crippen LogP contribution in [0.25, 0.3) is 22.0 Å². The Balaban J connectivity index is 1.76. The summed E-state index contributed by atoms with van der Waals surface area (Å²) in [5.41, 5.74) is 3.55. The molecule has 4 rings (SSSR count). The Morgan fingerprint density at radius 2 is 1.81 bits per heavy atom. The van der Waals surface area contributed by atoms with Crippen LogP contribution in [0.15, 0.2) is 48.7 Å². The van der Waals surface area contributed by atoms with Gasteiger partial charge in [-0.25, -0.2) is 0 Å². The highest BCUT2D eigenvalue weighted by molar-refractivity contribution is 6.34. The molecule has 0 aliphatic heterocycles. The Morgan fingerprint density at radius 3 is 2.48 bits per heavy atom. The zero-order valence-electron chi connectivity index (χ0n) is 11.6. The molecule has 0 amide bonds. The van der Waals surface area contributed by atoms with Gasteiger partial charge < -0.3 is 10.1 Å². The fourth-order valence-corrected chi connectivity index (χ4v) is 3.33. The molecule has 0 radical (unpaired) electrons. The molecule has 0 atom stereocenters. The Morgan fingerprint density at radius 1 is 1.05 bits per heavy atom. The van der Waals surface area contributed by atoms with E-state index in [1.807, 2.05) is 42.6 Å². The van der Waals surface area contributed by atoms with E-state index in [2.05, 4.69) is 11.1 Å². The molecule has 1 aliphatic rings. The molecule has 0 spiro atoms. The Hall–Kier alpha value is -1.77. The number of halogens is 1. The zero-order valence-corrected chi connectivity index (χ0v) is 12.3. The first-order valence-electron chi connectivity index (χ1n) is 7.26. The average molecular weight is 298 g/mol. The van der Waals surface area contributed by atoms with Gasteiger partial charge in [-0.3, -0.25) is 0 Å². The summed E-state index contributed by atoms with van der Waals surface area (Å²) >= 11 is 6.39. The van der Waals surface area contributed by atoms with Crippen LogP contribution in [0.3, 0.4) is 0 Å². The number of nitrogens with one attached hydrogen (secondary N) is 1. The van der Waals surface area contributed by atoms with Gasteiger partial charge in [-0.05, 0) is 48.6 Å². The fourth-order valence-electron chi connectivity index (χ4n) is 3.06. The van der Waals surface area contributed by atoms with Crippen LogP contribution in [0, 0.1) is 0 Å². The van der Waals surface area contributed by atoms with E-state index in [4.69, 9.17) is 11.6 Å². The minimum absolute atomic E-state index is 0.604. The van der Waals surface area contributed by atoms with Gasteiger partial charge in [-0.15, -0.1) is 0 Å². The highest BCUT2D eigenvalue weighted by atomic mass is 35.5. The number of aromatic nitrogens is 1. The van der Waals surface area contributed by atoms with Gasteiger partial charge in [0.1, 0.15) is 0 Å². The van der Waals surface area contributed by atoms with Crippen LogP contribution < -0.4 is 0 Å². The lowest BCUT2D eigenvalue weighted by atomic mass is 9.75. The van der Waals surface area contributed by atoms with E-state index >= 15 is 0 Å². The molecular formula is C18H16ClNO. The summed E-state index contributed by atoms with van der Waals surface area (Å²) in [6, 6.07) is 14.2. The minimum Gasteiger partial charge on any atom is -0.385 e. The maximum atomic E-state index is 10.4. The van der Waals surface area contributed by atoms with Crippen LogP contribution in [0.4, 0.5) is 0 Å². The molecule has 106 valence electrons. The van der Waals surface area contributed by atoms with Crippen molar-refractivity contribution in [2.75, 3.05) is 0 Å². The predicted octanol–water partition coefficient (Wildman–Crippen LogP) is 4.86. The highest BCUT2D eigenvalue weighted by Gasteiger charge is 2.35. The first kappa shape index (κ1) is 12.9. The maximum Gasteiger partial charge on any atom is 0.0896 e. The van der Waals surface area contributed by atoms with Crippen molar-refractivity contribution in [1.82, 2.24) is 4.98 Å². The molecule has 21 heavy (non-hydrogen) atoms. The normalized spacial score (nSPS) is 16.9. The summed E-state index contributed by atoms with van der Waals surface area (Å²) in [6.45, 7) is 0. The minimum atomic E-state index is -0.604. The quantitative estimate of drug-likeness (QED) is 0.696. The number of aliphatic hydroxyl groups is 1. The van der Waals surface area contributed by atoms with Gasteiger partial charge in [-0.2, -0.15) is 0 Å². The molecule has 2 nitrogen and oxygen atoms in total. The SMILES string of the molecule is OC1(c2ccc(-c3cc4cc[nH]c4cc3Cl)cc2)CCC1. The Labute approximate surface area is 128 Å². The number of fused-ring (bicyclic) bond motifs is 1. The number of hydrogen-bond acceptors (Lipinski definition) is 1. The van der Waals surface area contributed by atoms with Gasteiger partial charge in [0.2, 0.25) is 0 Å². The largest absolute Gasteiger partial charge is 0.385 e. The van der Waals surface area contributed by atoms with Crippen molar-refractivity contribution >= 4 is 22.5 Å². The molecule has 3 heteroatoms. The fraction of sp³-hybridized carbons (Fsp3) is 0.222. The summed E-state index contributed by atoms with van der Waals surface area (Å²) in [4.78, 5) is 3.17. The monoisotopic (exact) mass is 297 g/mol. The third-order valence-electron chi connectivity index (χ3n) is 4.55. The van der Waals surface area contributed by atoms with Crippen molar-refractivity contribution < 1.29 is 5.11 Å². The van der Waals surface area contributed by atoms with E-state index in [-0.39, 0.29) is 0 Å². The van der Waals surface area contributed by atoms with Crippen LogP contribution in [0.5, 0.6) is 0 Å². The van der Waals surface area contributed by atoms with E-state index in [1.54, 1.807) is 0 Å². The maximum absolute atomic E-state index is 10.4. The molecule has 1 aliphatic carbocycles. The van der Waals surface area contributed by atoms with Crippen LogP contribution in [0.1, 0.15) is 24.8 Å². The number of hydrogen-bond donors (Lipinski definition) is 2. The van der Waals surface area contributed by atoms with Crippen molar-refractivity contribution in [3.63, 3.8) is 0 Å². The van der Waals surface area contributed by atoms with Gasteiger partial charge >= 0.3 is 0 Å². The second-order valence-electron chi connectivity index (χ2n) is 5.86. The molecular weight excluding hydrogens is 282 g/mol. The van der Waals surface area contributed by atoms with E-state index in [0.717, 1.165) is 51.9 Å². The van der Waals surface area contributed by atoms with Crippen LogP contribution in [-0.4, -0.2) is 10.1 Å². The highest BCUT2D eigenvalue weighted by Crippen LogP contribution is 2.41. The lowest BCUT2D eigenvalue weighted by Crippen LogP contribution is -2.33. The Kier molecular flexibility index (Phi) is 2.84. The van der Waals surface area contributed by atoms with Gasteiger partial charge in [-0.1, -0.05) is 35.9 Å². The van der Waals surface area contributed by atoms with Crippen LogP contribution >= 0.6 is 11.6 Å². The molecule has 3 aromatic rings. The molecule has 1 heterocycles. The third-order valence-corrected chi connectivity index (χ3v) is 4.87. The van der Waals surface area contributed by atoms with Crippen LogP contribution in [-0.2, 0) is 5.60 Å². The molecule has 0 saturated heterocycles. The standard InChI is InChI=1S/C18H16ClNO/c19-16-11-17-13(6-9-20-17)10-15(16)12-2-4-14(5-3-12)18(21)7-1-8-18/h2-6,9-11,20-21H,1,7-8H2. The first-order valence-corrected chi connectivity index (χ1v) is 7.63. The lowest BCUT2D eigenvalue weighted by molar-refractivity contribution is -0.0387. The van der Waals surface area contributed by atoms with Crippen molar-refractivity contribution in [2.24, 2.45) is 0 Å². The summed E-state index contributed by atoms with van der Waals surface area (Å²) < 4.78 is 0. The number of benzene rings is 2. The molecule has 0 bridgehead atoms. The molecule has 1 fully saturated rings. The van der Waals surface area contributed by atoms with E-state index < -0.39 is 5.60 Å². The molecule has 2 N–H and O–H groups in total. The second kappa shape index (κ2) is 4.62. The average Bonchev–Trinajstić information content (AvgIpc) is 2.91. The molecule has 1 saturated carbocycles. The molecule has 1 aromatic heterocycles. The van der Waals surface area contributed by atoms with Crippen molar-refractivity contribution in [1.29, 1.82) is 0 Å².